The molecule has 0 aromatic carbocycles. The number of likely N-dealkylation sites (tertiary alicyclic amines) is 1. The van der Waals surface area contributed by atoms with Crippen molar-refractivity contribution in [1.82, 2.24) is 10.2 Å². The second-order valence-corrected chi connectivity index (χ2v) is 6.10. The van der Waals surface area contributed by atoms with Crippen molar-refractivity contribution in [2.24, 2.45) is 5.92 Å². The SMILES string of the molecule is CCOC(=O)N1CCC(NC2CCCC(C)C2)CC1. The third-order valence-corrected chi connectivity index (χ3v) is 4.43. The molecule has 2 fully saturated rings. The molecular formula is C15H28N2O2. The zero-order valence-corrected chi connectivity index (χ0v) is 12.4. The highest BCUT2D eigenvalue weighted by atomic mass is 16.6. The van der Waals surface area contributed by atoms with Crippen LogP contribution in [0.2, 0.25) is 0 Å². The van der Waals surface area contributed by atoms with E-state index in [9.17, 15) is 4.79 Å². The summed E-state index contributed by atoms with van der Waals surface area (Å²) in [5.74, 6) is 0.867. The van der Waals surface area contributed by atoms with Crippen molar-refractivity contribution in [3.63, 3.8) is 0 Å². The van der Waals surface area contributed by atoms with E-state index < -0.39 is 0 Å². The summed E-state index contributed by atoms with van der Waals surface area (Å²) in [4.78, 5) is 13.5. The van der Waals surface area contributed by atoms with E-state index in [0.29, 0.717) is 18.7 Å². The van der Waals surface area contributed by atoms with Gasteiger partial charge in [-0.25, -0.2) is 4.79 Å². The van der Waals surface area contributed by atoms with Gasteiger partial charge in [-0.15, -0.1) is 0 Å². The van der Waals surface area contributed by atoms with Crippen molar-refractivity contribution in [2.45, 2.75) is 64.5 Å². The quantitative estimate of drug-likeness (QED) is 0.855. The van der Waals surface area contributed by atoms with Crippen LogP contribution in [0.3, 0.4) is 0 Å². The van der Waals surface area contributed by atoms with Gasteiger partial charge in [0.25, 0.3) is 0 Å². The third-order valence-electron chi connectivity index (χ3n) is 4.43. The van der Waals surface area contributed by atoms with Gasteiger partial charge < -0.3 is 15.0 Å². The Kier molecular flexibility index (Phi) is 5.49. The fourth-order valence-electron chi connectivity index (χ4n) is 3.36. The maximum absolute atomic E-state index is 11.6. The average Bonchev–Trinajstić information content (AvgIpc) is 2.40. The number of nitrogens with one attached hydrogen (secondary N) is 1. The summed E-state index contributed by atoms with van der Waals surface area (Å²) in [5.41, 5.74) is 0. The number of hydrogen-bond acceptors (Lipinski definition) is 3. The molecule has 2 aliphatic rings. The number of ether oxygens (including phenoxy) is 1. The molecule has 0 aromatic rings. The Morgan fingerprint density at radius 2 is 1.95 bits per heavy atom. The Morgan fingerprint density at radius 1 is 1.21 bits per heavy atom. The second kappa shape index (κ2) is 7.13. The van der Waals surface area contributed by atoms with Gasteiger partial charge in [0, 0.05) is 25.2 Å². The molecule has 19 heavy (non-hydrogen) atoms. The highest BCUT2D eigenvalue weighted by Gasteiger charge is 2.26. The third kappa shape index (κ3) is 4.37. The first-order chi connectivity index (χ1) is 9.19. The Balaban J connectivity index is 1.69. The molecule has 2 atom stereocenters. The summed E-state index contributed by atoms with van der Waals surface area (Å²) in [6, 6.07) is 1.28. The topological polar surface area (TPSA) is 41.6 Å². The van der Waals surface area contributed by atoms with Gasteiger partial charge in [-0.3, -0.25) is 0 Å². The minimum absolute atomic E-state index is 0.146. The standard InChI is InChI=1S/C15H28N2O2/c1-3-19-15(18)17-9-7-13(8-10-17)16-14-6-4-5-12(2)11-14/h12-14,16H,3-11H2,1-2H3. The molecule has 0 spiro atoms. The van der Waals surface area contributed by atoms with Crippen molar-refractivity contribution in [2.75, 3.05) is 19.7 Å². The molecule has 1 aliphatic carbocycles. The number of carbonyl (C=O) groups excluding carboxylic acids is 1. The van der Waals surface area contributed by atoms with Crippen LogP contribution in [0.1, 0.15) is 52.4 Å². The lowest BCUT2D eigenvalue weighted by Gasteiger charge is -2.36. The Hall–Kier alpha value is -0.770. The Labute approximate surface area is 116 Å². The highest BCUT2D eigenvalue weighted by Crippen LogP contribution is 2.25. The maximum Gasteiger partial charge on any atom is 0.409 e. The molecule has 4 heteroatoms. The van der Waals surface area contributed by atoms with Gasteiger partial charge in [0.15, 0.2) is 0 Å². The first kappa shape index (κ1) is 14.6. The summed E-state index contributed by atoms with van der Waals surface area (Å²) < 4.78 is 5.05. The largest absolute Gasteiger partial charge is 0.450 e. The molecule has 0 aromatic heterocycles. The number of amides is 1. The minimum atomic E-state index is -0.146. The van der Waals surface area contributed by atoms with E-state index >= 15 is 0 Å². The molecule has 1 heterocycles. The lowest BCUT2D eigenvalue weighted by atomic mass is 9.86. The van der Waals surface area contributed by atoms with Crippen LogP contribution in [0.25, 0.3) is 0 Å². The Morgan fingerprint density at radius 3 is 2.58 bits per heavy atom. The van der Waals surface area contributed by atoms with E-state index in [1.165, 1.54) is 25.7 Å². The van der Waals surface area contributed by atoms with Crippen LogP contribution in [0, 0.1) is 5.92 Å². The summed E-state index contributed by atoms with van der Waals surface area (Å²) in [6.45, 7) is 6.35. The predicted molar refractivity (Wildman–Crippen MR) is 76.2 cm³/mol. The van der Waals surface area contributed by atoms with E-state index in [-0.39, 0.29) is 6.09 Å². The van der Waals surface area contributed by atoms with Crippen LogP contribution < -0.4 is 5.32 Å². The monoisotopic (exact) mass is 268 g/mol. The van der Waals surface area contributed by atoms with Crippen LogP contribution >= 0.6 is 0 Å². The van der Waals surface area contributed by atoms with E-state index in [0.717, 1.165) is 31.8 Å². The molecule has 1 N–H and O–H groups in total. The van der Waals surface area contributed by atoms with E-state index in [1.807, 2.05) is 11.8 Å². The zero-order chi connectivity index (χ0) is 13.7. The molecule has 110 valence electrons. The minimum Gasteiger partial charge on any atom is -0.450 e. The number of piperidine rings is 1. The molecule has 4 nitrogen and oxygen atoms in total. The van der Waals surface area contributed by atoms with Crippen molar-refractivity contribution in [1.29, 1.82) is 0 Å². The van der Waals surface area contributed by atoms with Crippen molar-refractivity contribution in [3.05, 3.63) is 0 Å². The fraction of sp³-hybridized carbons (Fsp3) is 0.933. The lowest BCUT2D eigenvalue weighted by Crippen LogP contribution is -2.48. The van der Waals surface area contributed by atoms with Gasteiger partial charge >= 0.3 is 6.09 Å². The summed E-state index contributed by atoms with van der Waals surface area (Å²) in [5, 5.41) is 3.80. The van der Waals surface area contributed by atoms with Crippen LogP contribution in [0.4, 0.5) is 4.79 Å². The predicted octanol–water partition coefficient (Wildman–Crippen LogP) is 2.78. The zero-order valence-electron chi connectivity index (χ0n) is 12.4. The van der Waals surface area contributed by atoms with Crippen molar-refractivity contribution < 1.29 is 9.53 Å². The summed E-state index contributed by atoms with van der Waals surface area (Å²) in [6.07, 6.45) is 7.36. The van der Waals surface area contributed by atoms with E-state index in [2.05, 4.69) is 12.2 Å². The van der Waals surface area contributed by atoms with E-state index in [1.54, 1.807) is 0 Å². The number of hydrogen-bond donors (Lipinski definition) is 1. The average molecular weight is 268 g/mol. The molecule has 0 bridgehead atoms. The summed E-state index contributed by atoms with van der Waals surface area (Å²) >= 11 is 0. The van der Waals surface area contributed by atoms with Crippen LogP contribution in [-0.2, 0) is 4.74 Å². The molecule has 2 unspecified atom stereocenters. The molecule has 1 saturated heterocycles. The molecule has 1 aliphatic heterocycles. The molecule has 2 rings (SSSR count). The molecule has 1 saturated carbocycles. The summed E-state index contributed by atoms with van der Waals surface area (Å²) in [7, 11) is 0. The molecule has 0 radical (unpaired) electrons. The second-order valence-electron chi connectivity index (χ2n) is 6.10. The van der Waals surface area contributed by atoms with Gasteiger partial charge in [-0.2, -0.15) is 0 Å². The molecule has 1 amide bonds. The molecular weight excluding hydrogens is 240 g/mol. The van der Waals surface area contributed by atoms with Gasteiger partial charge in [0.05, 0.1) is 6.61 Å². The van der Waals surface area contributed by atoms with Crippen molar-refractivity contribution in [3.8, 4) is 0 Å². The first-order valence-corrected chi connectivity index (χ1v) is 7.86. The van der Waals surface area contributed by atoms with E-state index in [4.69, 9.17) is 4.74 Å². The van der Waals surface area contributed by atoms with Crippen LogP contribution in [-0.4, -0.2) is 42.8 Å². The van der Waals surface area contributed by atoms with Crippen LogP contribution in [0.15, 0.2) is 0 Å². The Bertz CT molecular complexity index is 288. The van der Waals surface area contributed by atoms with Gasteiger partial charge in [0.1, 0.15) is 0 Å². The fourth-order valence-corrected chi connectivity index (χ4v) is 3.36. The van der Waals surface area contributed by atoms with Gasteiger partial charge in [0.2, 0.25) is 0 Å². The first-order valence-electron chi connectivity index (χ1n) is 7.86. The number of rotatable bonds is 3. The normalized spacial score (nSPS) is 29.3. The number of nitrogens with zero attached hydrogens (tertiary/aromatic N) is 1. The van der Waals surface area contributed by atoms with Gasteiger partial charge in [-0.05, 0) is 38.5 Å². The van der Waals surface area contributed by atoms with Crippen LogP contribution in [0.5, 0.6) is 0 Å². The van der Waals surface area contributed by atoms with Crippen molar-refractivity contribution >= 4 is 6.09 Å². The highest BCUT2D eigenvalue weighted by molar-refractivity contribution is 5.67. The maximum atomic E-state index is 11.6. The smallest absolute Gasteiger partial charge is 0.409 e. The lowest BCUT2D eigenvalue weighted by molar-refractivity contribution is 0.0932. The van der Waals surface area contributed by atoms with Gasteiger partial charge in [-0.1, -0.05) is 19.8 Å². The number of carbonyl (C=O) groups is 1.